The van der Waals surface area contributed by atoms with Crippen molar-refractivity contribution in [3.05, 3.63) is 65.2 Å². The van der Waals surface area contributed by atoms with Crippen molar-refractivity contribution in [2.75, 3.05) is 20.2 Å². The standard InChI is InChI=1S/C24H31N3O3/c1-17(2)26-24(29)27-12-6-10-21(16-27)19-8-5-9-20(14-19)23(28)25-15-18-7-4-11-22(13-18)30-3/h4-5,7-9,11,13-14,17,21H,6,10,12,15-16H2,1-3H3,(H,25,28)(H,26,29)/t21-/m1/s1. The molecule has 0 unspecified atom stereocenters. The Bertz CT molecular complexity index is 882. The molecule has 2 aromatic carbocycles. The molecule has 160 valence electrons. The van der Waals surface area contributed by atoms with Gasteiger partial charge in [0.2, 0.25) is 0 Å². The second kappa shape index (κ2) is 10.1. The van der Waals surface area contributed by atoms with Gasteiger partial charge in [0.15, 0.2) is 0 Å². The Morgan fingerprint density at radius 1 is 1.17 bits per heavy atom. The van der Waals surface area contributed by atoms with Crippen molar-refractivity contribution in [3.8, 4) is 5.75 Å². The maximum Gasteiger partial charge on any atom is 0.317 e. The average Bonchev–Trinajstić information content (AvgIpc) is 2.77. The first-order valence-electron chi connectivity index (χ1n) is 10.5. The molecule has 6 nitrogen and oxygen atoms in total. The fourth-order valence-corrected chi connectivity index (χ4v) is 3.77. The summed E-state index contributed by atoms with van der Waals surface area (Å²) in [5, 5.41) is 5.94. The van der Waals surface area contributed by atoms with Crippen LogP contribution in [0.4, 0.5) is 4.79 Å². The van der Waals surface area contributed by atoms with Crippen LogP contribution in [0.3, 0.4) is 0 Å². The molecule has 3 amide bonds. The van der Waals surface area contributed by atoms with E-state index in [9.17, 15) is 9.59 Å². The number of nitrogens with one attached hydrogen (secondary N) is 2. The number of nitrogens with zero attached hydrogens (tertiary/aromatic N) is 1. The number of rotatable bonds is 6. The smallest absolute Gasteiger partial charge is 0.317 e. The maximum atomic E-state index is 12.7. The summed E-state index contributed by atoms with van der Waals surface area (Å²) in [6.07, 6.45) is 1.97. The minimum atomic E-state index is -0.107. The second-order valence-electron chi connectivity index (χ2n) is 8.05. The van der Waals surface area contributed by atoms with Crippen molar-refractivity contribution in [2.24, 2.45) is 0 Å². The molecule has 0 radical (unpaired) electrons. The summed E-state index contributed by atoms with van der Waals surface area (Å²) in [5.41, 5.74) is 2.73. The number of ether oxygens (including phenoxy) is 1. The highest BCUT2D eigenvalue weighted by Gasteiger charge is 2.25. The predicted molar refractivity (Wildman–Crippen MR) is 118 cm³/mol. The average molecular weight is 410 g/mol. The zero-order chi connectivity index (χ0) is 21.5. The highest BCUT2D eigenvalue weighted by Crippen LogP contribution is 2.27. The lowest BCUT2D eigenvalue weighted by molar-refractivity contribution is 0.0950. The minimum Gasteiger partial charge on any atom is -0.497 e. The SMILES string of the molecule is COc1cccc(CNC(=O)c2cccc([C@@H]3CCCN(C(=O)NC(C)C)C3)c2)c1. The zero-order valence-electron chi connectivity index (χ0n) is 18.0. The van der Waals surface area contributed by atoms with Gasteiger partial charge in [-0.2, -0.15) is 0 Å². The molecule has 1 aliphatic heterocycles. The first kappa shape index (κ1) is 21.7. The van der Waals surface area contributed by atoms with Crippen molar-refractivity contribution < 1.29 is 14.3 Å². The number of methoxy groups -OCH3 is 1. The van der Waals surface area contributed by atoms with Crippen LogP contribution < -0.4 is 15.4 Å². The van der Waals surface area contributed by atoms with E-state index in [1.807, 2.05) is 67.3 Å². The number of hydrogen-bond donors (Lipinski definition) is 2. The Balaban J connectivity index is 1.63. The van der Waals surface area contributed by atoms with E-state index in [-0.39, 0.29) is 23.9 Å². The number of benzene rings is 2. The normalized spacial score (nSPS) is 16.3. The van der Waals surface area contributed by atoms with E-state index in [1.54, 1.807) is 7.11 Å². The van der Waals surface area contributed by atoms with Crippen LogP contribution in [0.2, 0.25) is 0 Å². The summed E-state index contributed by atoms with van der Waals surface area (Å²) >= 11 is 0. The quantitative estimate of drug-likeness (QED) is 0.760. The van der Waals surface area contributed by atoms with Gasteiger partial charge in [-0.25, -0.2) is 4.79 Å². The Morgan fingerprint density at radius 3 is 2.73 bits per heavy atom. The topological polar surface area (TPSA) is 70.7 Å². The van der Waals surface area contributed by atoms with Crippen molar-refractivity contribution >= 4 is 11.9 Å². The number of carbonyl (C=O) groups excluding carboxylic acids is 2. The molecule has 0 aromatic heterocycles. The fourth-order valence-electron chi connectivity index (χ4n) is 3.77. The van der Waals surface area contributed by atoms with Gasteiger partial charge in [0.25, 0.3) is 5.91 Å². The van der Waals surface area contributed by atoms with E-state index in [4.69, 9.17) is 4.74 Å². The molecule has 30 heavy (non-hydrogen) atoms. The van der Waals surface area contributed by atoms with Crippen molar-refractivity contribution in [1.82, 2.24) is 15.5 Å². The van der Waals surface area contributed by atoms with Crippen molar-refractivity contribution in [1.29, 1.82) is 0 Å². The number of amides is 3. The third-order valence-corrected chi connectivity index (χ3v) is 5.33. The summed E-state index contributed by atoms with van der Waals surface area (Å²) in [7, 11) is 1.63. The van der Waals surface area contributed by atoms with Gasteiger partial charge >= 0.3 is 6.03 Å². The molecule has 2 N–H and O–H groups in total. The van der Waals surface area contributed by atoms with Crippen LogP contribution in [-0.4, -0.2) is 43.1 Å². The molecule has 0 saturated carbocycles. The van der Waals surface area contributed by atoms with Crippen LogP contribution in [0, 0.1) is 0 Å². The number of urea groups is 1. The molecule has 0 spiro atoms. The van der Waals surface area contributed by atoms with Gasteiger partial charge in [-0.1, -0.05) is 24.3 Å². The zero-order valence-corrected chi connectivity index (χ0v) is 18.0. The van der Waals surface area contributed by atoms with E-state index in [0.29, 0.717) is 18.7 Å². The van der Waals surface area contributed by atoms with Crippen molar-refractivity contribution in [3.63, 3.8) is 0 Å². The Kier molecular flexibility index (Phi) is 7.33. The Labute approximate surface area is 178 Å². The summed E-state index contributed by atoms with van der Waals surface area (Å²) < 4.78 is 5.23. The number of piperidine rings is 1. The van der Waals surface area contributed by atoms with Gasteiger partial charge in [0.05, 0.1) is 7.11 Å². The molecular weight excluding hydrogens is 378 g/mol. The molecule has 1 atom stereocenters. The molecule has 1 fully saturated rings. The highest BCUT2D eigenvalue weighted by molar-refractivity contribution is 5.94. The monoisotopic (exact) mass is 409 g/mol. The van der Waals surface area contributed by atoms with Crippen LogP contribution in [0.1, 0.15) is 54.1 Å². The predicted octanol–water partition coefficient (Wildman–Crippen LogP) is 3.92. The maximum absolute atomic E-state index is 12.7. The first-order chi connectivity index (χ1) is 14.5. The van der Waals surface area contributed by atoms with Crippen LogP contribution in [0.5, 0.6) is 5.75 Å². The summed E-state index contributed by atoms with van der Waals surface area (Å²) in [5.74, 6) is 0.903. The van der Waals surface area contributed by atoms with Gasteiger partial charge in [0, 0.05) is 37.2 Å². The van der Waals surface area contributed by atoms with Crippen molar-refractivity contribution in [2.45, 2.75) is 45.2 Å². The van der Waals surface area contributed by atoms with E-state index in [2.05, 4.69) is 10.6 Å². The Hall–Kier alpha value is -3.02. The van der Waals surface area contributed by atoms with Gasteiger partial charge in [-0.3, -0.25) is 4.79 Å². The molecule has 0 aliphatic carbocycles. The lowest BCUT2D eigenvalue weighted by atomic mass is 9.89. The van der Waals surface area contributed by atoms with Crippen LogP contribution in [0.25, 0.3) is 0 Å². The molecule has 2 aromatic rings. The third-order valence-electron chi connectivity index (χ3n) is 5.33. The molecule has 1 aliphatic rings. The largest absolute Gasteiger partial charge is 0.497 e. The van der Waals surface area contributed by atoms with E-state index >= 15 is 0 Å². The fraction of sp³-hybridized carbons (Fsp3) is 0.417. The van der Waals surface area contributed by atoms with Gasteiger partial charge in [-0.05, 0) is 62.1 Å². The van der Waals surface area contributed by atoms with E-state index < -0.39 is 0 Å². The summed E-state index contributed by atoms with van der Waals surface area (Å²) in [6, 6.07) is 15.5. The molecular formula is C24H31N3O3. The van der Waals surface area contributed by atoms with Gasteiger partial charge in [-0.15, -0.1) is 0 Å². The van der Waals surface area contributed by atoms with Crippen LogP contribution in [-0.2, 0) is 6.54 Å². The summed E-state index contributed by atoms with van der Waals surface area (Å²) in [6.45, 7) is 5.82. The third kappa shape index (κ3) is 5.75. The van der Waals surface area contributed by atoms with E-state index in [0.717, 1.165) is 36.3 Å². The molecule has 6 heteroatoms. The van der Waals surface area contributed by atoms with Crippen LogP contribution >= 0.6 is 0 Å². The first-order valence-corrected chi connectivity index (χ1v) is 10.5. The van der Waals surface area contributed by atoms with E-state index in [1.165, 1.54) is 0 Å². The highest BCUT2D eigenvalue weighted by atomic mass is 16.5. The molecule has 1 heterocycles. The molecule has 3 rings (SSSR count). The number of carbonyl (C=O) groups is 2. The van der Waals surface area contributed by atoms with Gasteiger partial charge in [0.1, 0.15) is 5.75 Å². The summed E-state index contributed by atoms with van der Waals surface area (Å²) in [4.78, 5) is 26.9. The lowest BCUT2D eigenvalue weighted by Gasteiger charge is -2.33. The lowest BCUT2D eigenvalue weighted by Crippen LogP contribution is -2.47. The van der Waals surface area contributed by atoms with Gasteiger partial charge < -0.3 is 20.3 Å². The number of hydrogen-bond acceptors (Lipinski definition) is 3. The minimum absolute atomic E-state index is 0.0121. The van der Waals surface area contributed by atoms with Crippen LogP contribution in [0.15, 0.2) is 48.5 Å². The Morgan fingerprint density at radius 2 is 1.97 bits per heavy atom. The second-order valence-corrected chi connectivity index (χ2v) is 8.05. The molecule has 1 saturated heterocycles. The molecule has 0 bridgehead atoms. The number of likely N-dealkylation sites (tertiary alicyclic amines) is 1.